The first-order chi connectivity index (χ1) is 12.9. The van der Waals surface area contributed by atoms with E-state index in [2.05, 4.69) is 20.6 Å². The van der Waals surface area contributed by atoms with Crippen molar-refractivity contribution >= 4 is 52.6 Å². The number of halogens is 2. The van der Waals surface area contributed by atoms with E-state index in [1.165, 1.54) is 42.2 Å². The zero-order chi connectivity index (χ0) is 19.8. The lowest BCUT2D eigenvalue weighted by Crippen LogP contribution is -2.44. The third kappa shape index (κ3) is 6.37. The number of amides is 2. The Bertz CT molecular complexity index is 808. The standard InChI is InChI=1S/C17H18ClFN4O2S2/c1-26-8-7-13(15(24)21-11-5-3-10(19)4-6-11)22-16(25)14-12(18)9-20-17(23-14)27-2/h3-6,9,13H,7-8H2,1-2H3,(H,21,24)(H,22,25)/t13-/m0/s1. The van der Waals surface area contributed by atoms with Gasteiger partial charge in [0.1, 0.15) is 11.9 Å². The molecule has 0 radical (unpaired) electrons. The van der Waals surface area contributed by atoms with Gasteiger partial charge in [-0.2, -0.15) is 11.8 Å². The van der Waals surface area contributed by atoms with Gasteiger partial charge < -0.3 is 10.6 Å². The van der Waals surface area contributed by atoms with E-state index in [1.54, 1.807) is 18.0 Å². The molecular formula is C17H18ClFN4O2S2. The lowest BCUT2D eigenvalue weighted by molar-refractivity contribution is -0.118. The summed E-state index contributed by atoms with van der Waals surface area (Å²) in [5, 5.41) is 5.85. The Morgan fingerprint density at radius 2 is 1.96 bits per heavy atom. The first kappa shape index (κ1) is 21.5. The molecule has 1 atom stereocenters. The summed E-state index contributed by atoms with van der Waals surface area (Å²) in [7, 11) is 0. The van der Waals surface area contributed by atoms with Gasteiger partial charge in [0, 0.05) is 5.69 Å². The smallest absolute Gasteiger partial charge is 0.272 e. The van der Waals surface area contributed by atoms with E-state index in [0.717, 1.165) is 0 Å². The van der Waals surface area contributed by atoms with E-state index in [9.17, 15) is 14.0 Å². The Morgan fingerprint density at radius 1 is 1.26 bits per heavy atom. The molecule has 2 aromatic rings. The second-order valence-electron chi connectivity index (χ2n) is 5.36. The van der Waals surface area contributed by atoms with Gasteiger partial charge in [-0.15, -0.1) is 0 Å². The molecule has 0 aliphatic heterocycles. The summed E-state index contributed by atoms with van der Waals surface area (Å²) in [4.78, 5) is 33.3. The number of hydrogen-bond acceptors (Lipinski definition) is 6. The maximum absolute atomic E-state index is 13.0. The van der Waals surface area contributed by atoms with Crippen molar-refractivity contribution in [2.75, 3.05) is 23.6 Å². The zero-order valence-corrected chi connectivity index (χ0v) is 17.1. The molecule has 0 spiro atoms. The molecule has 0 unspecified atom stereocenters. The molecule has 144 valence electrons. The van der Waals surface area contributed by atoms with Crippen molar-refractivity contribution in [3.8, 4) is 0 Å². The van der Waals surface area contributed by atoms with Crippen molar-refractivity contribution in [3.05, 3.63) is 47.0 Å². The van der Waals surface area contributed by atoms with Crippen LogP contribution in [0, 0.1) is 5.82 Å². The number of nitrogens with zero attached hydrogens (tertiary/aromatic N) is 2. The van der Waals surface area contributed by atoms with Gasteiger partial charge in [-0.1, -0.05) is 23.4 Å². The largest absolute Gasteiger partial charge is 0.339 e. The first-order valence-corrected chi connectivity index (χ1v) is 10.9. The molecule has 1 aromatic heterocycles. The lowest BCUT2D eigenvalue weighted by Gasteiger charge is -2.18. The molecule has 0 fully saturated rings. The maximum atomic E-state index is 13.0. The second kappa shape index (κ2) is 10.5. The predicted octanol–water partition coefficient (Wildman–Crippen LogP) is 3.48. The highest BCUT2D eigenvalue weighted by molar-refractivity contribution is 7.98. The van der Waals surface area contributed by atoms with Crippen LogP contribution >= 0.6 is 35.1 Å². The van der Waals surface area contributed by atoms with Gasteiger partial charge in [-0.25, -0.2) is 14.4 Å². The van der Waals surface area contributed by atoms with Crippen LogP contribution in [0.2, 0.25) is 5.02 Å². The van der Waals surface area contributed by atoms with Crippen molar-refractivity contribution in [1.82, 2.24) is 15.3 Å². The van der Waals surface area contributed by atoms with Gasteiger partial charge in [0.15, 0.2) is 10.9 Å². The monoisotopic (exact) mass is 428 g/mol. The van der Waals surface area contributed by atoms with Crippen molar-refractivity contribution in [2.24, 2.45) is 0 Å². The summed E-state index contributed by atoms with van der Waals surface area (Å²) < 4.78 is 13.0. The highest BCUT2D eigenvalue weighted by atomic mass is 35.5. The zero-order valence-electron chi connectivity index (χ0n) is 14.7. The van der Waals surface area contributed by atoms with Crippen molar-refractivity contribution in [3.63, 3.8) is 0 Å². The molecule has 0 saturated carbocycles. The molecule has 27 heavy (non-hydrogen) atoms. The van der Waals surface area contributed by atoms with E-state index in [-0.39, 0.29) is 10.7 Å². The number of hydrogen-bond donors (Lipinski definition) is 2. The van der Waals surface area contributed by atoms with Crippen LogP contribution in [-0.2, 0) is 4.79 Å². The number of carbonyl (C=O) groups is 2. The number of carbonyl (C=O) groups excluding carboxylic acids is 2. The highest BCUT2D eigenvalue weighted by Gasteiger charge is 2.23. The molecule has 2 N–H and O–H groups in total. The lowest BCUT2D eigenvalue weighted by atomic mass is 10.2. The third-order valence-corrected chi connectivity index (χ3v) is 4.95. The van der Waals surface area contributed by atoms with Crippen LogP contribution in [0.4, 0.5) is 10.1 Å². The number of nitrogens with one attached hydrogen (secondary N) is 2. The summed E-state index contributed by atoms with van der Waals surface area (Å²) in [6.45, 7) is 0. The van der Waals surface area contributed by atoms with Gasteiger partial charge >= 0.3 is 0 Å². The van der Waals surface area contributed by atoms with Crippen LogP contribution < -0.4 is 10.6 Å². The van der Waals surface area contributed by atoms with Crippen LogP contribution in [-0.4, -0.2) is 46.1 Å². The quantitative estimate of drug-likeness (QED) is 0.494. The first-order valence-electron chi connectivity index (χ1n) is 7.87. The molecule has 1 heterocycles. The predicted molar refractivity (Wildman–Crippen MR) is 108 cm³/mol. The minimum Gasteiger partial charge on any atom is -0.339 e. The van der Waals surface area contributed by atoms with Gasteiger partial charge in [0.25, 0.3) is 5.91 Å². The van der Waals surface area contributed by atoms with E-state index in [0.29, 0.717) is 23.0 Å². The Balaban J connectivity index is 2.14. The molecule has 0 aliphatic carbocycles. The number of benzene rings is 1. The topological polar surface area (TPSA) is 84.0 Å². The van der Waals surface area contributed by atoms with Gasteiger partial charge in [0.05, 0.1) is 11.2 Å². The van der Waals surface area contributed by atoms with E-state index in [4.69, 9.17) is 11.6 Å². The van der Waals surface area contributed by atoms with Crippen LogP contribution in [0.15, 0.2) is 35.6 Å². The average Bonchev–Trinajstić information content (AvgIpc) is 2.67. The molecule has 0 saturated heterocycles. The van der Waals surface area contributed by atoms with Crippen molar-refractivity contribution < 1.29 is 14.0 Å². The fraction of sp³-hybridized carbons (Fsp3) is 0.294. The summed E-state index contributed by atoms with van der Waals surface area (Å²) in [5.41, 5.74) is 0.453. The Hall–Kier alpha value is -1.84. The normalized spacial score (nSPS) is 11.7. The Kier molecular flexibility index (Phi) is 8.33. The molecule has 6 nitrogen and oxygen atoms in total. The Morgan fingerprint density at radius 3 is 2.59 bits per heavy atom. The summed E-state index contributed by atoms with van der Waals surface area (Å²) >= 11 is 8.85. The summed E-state index contributed by atoms with van der Waals surface area (Å²) in [5.74, 6) is -0.699. The fourth-order valence-corrected chi connectivity index (χ4v) is 3.09. The maximum Gasteiger partial charge on any atom is 0.272 e. The molecule has 10 heteroatoms. The number of thioether (sulfide) groups is 2. The van der Waals surface area contributed by atoms with E-state index >= 15 is 0 Å². The van der Waals surface area contributed by atoms with Gasteiger partial charge in [-0.05, 0) is 49.0 Å². The number of anilines is 1. The van der Waals surface area contributed by atoms with Crippen LogP contribution in [0.3, 0.4) is 0 Å². The molecule has 1 aromatic carbocycles. The molecule has 0 aliphatic rings. The minimum absolute atomic E-state index is 0.0137. The summed E-state index contributed by atoms with van der Waals surface area (Å²) in [6.07, 6.45) is 5.45. The number of aromatic nitrogens is 2. The molecule has 0 bridgehead atoms. The average molecular weight is 429 g/mol. The molecular weight excluding hydrogens is 411 g/mol. The second-order valence-corrected chi connectivity index (χ2v) is 7.52. The van der Waals surface area contributed by atoms with Crippen LogP contribution in [0.5, 0.6) is 0 Å². The van der Waals surface area contributed by atoms with Gasteiger partial charge in [-0.3, -0.25) is 9.59 Å². The Labute approximate surface area is 170 Å². The van der Waals surface area contributed by atoms with Gasteiger partial charge in [0.2, 0.25) is 5.91 Å². The van der Waals surface area contributed by atoms with E-state index in [1.807, 2.05) is 6.26 Å². The SMILES string of the molecule is CSCC[C@H](NC(=O)c1nc(SC)ncc1Cl)C(=O)Nc1ccc(F)cc1. The minimum atomic E-state index is -0.793. The number of rotatable bonds is 8. The summed E-state index contributed by atoms with van der Waals surface area (Å²) in [6, 6.07) is 4.60. The highest BCUT2D eigenvalue weighted by Crippen LogP contribution is 2.17. The van der Waals surface area contributed by atoms with Crippen LogP contribution in [0.1, 0.15) is 16.9 Å². The molecule has 2 amide bonds. The van der Waals surface area contributed by atoms with E-state index < -0.39 is 23.7 Å². The van der Waals surface area contributed by atoms with Crippen molar-refractivity contribution in [2.45, 2.75) is 17.6 Å². The third-order valence-electron chi connectivity index (χ3n) is 3.46. The van der Waals surface area contributed by atoms with Crippen molar-refractivity contribution in [1.29, 1.82) is 0 Å². The van der Waals surface area contributed by atoms with Crippen LogP contribution in [0.25, 0.3) is 0 Å². The fourth-order valence-electron chi connectivity index (χ4n) is 2.10. The molecule has 2 rings (SSSR count).